The van der Waals surface area contributed by atoms with Crippen LogP contribution in [-0.2, 0) is 13.0 Å². The SMILES string of the molecule is CCc1nc(N(CC(C)C)C(CC)CC)sc1CNC. The third-order valence-corrected chi connectivity index (χ3v) is 4.76. The second kappa shape index (κ2) is 8.63. The summed E-state index contributed by atoms with van der Waals surface area (Å²) in [6.07, 6.45) is 3.39. The van der Waals surface area contributed by atoms with Crippen LogP contribution >= 0.6 is 11.3 Å². The predicted molar refractivity (Wildman–Crippen MR) is 90.8 cm³/mol. The summed E-state index contributed by atoms with van der Waals surface area (Å²) in [5.74, 6) is 0.664. The Morgan fingerprint density at radius 2 is 1.85 bits per heavy atom. The van der Waals surface area contributed by atoms with Crippen molar-refractivity contribution in [2.45, 2.75) is 66.5 Å². The van der Waals surface area contributed by atoms with Gasteiger partial charge in [-0.05, 0) is 32.2 Å². The number of aromatic nitrogens is 1. The first-order chi connectivity index (χ1) is 9.57. The monoisotopic (exact) mass is 297 g/mol. The van der Waals surface area contributed by atoms with Crippen LogP contribution in [0.5, 0.6) is 0 Å². The Hall–Kier alpha value is -0.610. The zero-order valence-corrected chi connectivity index (χ0v) is 14.8. The molecule has 0 bridgehead atoms. The van der Waals surface area contributed by atoms with Gasteiger partial charge in [0.25, 0.3) is 0 Å². The van der Waals surface area contributed by atoms with Gasteiger partial charge in [-0.1, -0.05) is 34.6 Å². The molecule has 0 amide bonds. The molecule has 1 aromatic rings. The van der Waals surface area contributed by atoms with E-state index < -0.39 is 0 Å². The van der Waals surface area contributed by atoms with Crippen molar-refractivity contribution in [1.29, 1.82) is 0 Å². The van der Waals surface area contributed by atoms with Crippen LogP contribution in [-0.4, -0.2) is 24.6 Å². The fourth-order valence-corrected chi connectivity index (χ4v) is 3.82. The lowest BCUT2D eigenvalue weighted by atomic mass is 10.1. The second-order valence-corrected chi connectivity index (χ2v) is 6.83. The van der Waals surface area contributed by atoms with Crippen molar-refractivity contribution >= 4 is 16.5 Å². The molecule has 1 aromatic heterocycles. The Morgan fingerprint density at radius 3 is 2.30 bits per heavy atom. The van der Waals surface area contributed by atoms with Crippen LogP contribution in [0.1, 0.15) is 58.0 Å². The molecule has 0 spiro atoms. The second-order valence-electron chi connectivity index (χ2n) is 5.77. The summed E-state index contributed by atoms with van der Waals surface area (Å²) in [4.78, 5) is 8.85. The van der Waals surface area contributed by atoms with Crippen LogP contribution < -0.4 is 10.2 Å². The Morgan fingerprint density at radius 1 is 1.20 bits per heavy atom. The first kappa shape index (κ1) is 17.4. The molecule has 0 aliphatic carbocycles. The van der Waals surface area contributed by atoms with E-state index >= 15 is 0 Å². The van der Waals surface area contributed by atoms with Gasteiger partial charge in [-0.3, -0.25) is 0 Å². The topological polar surface area (TPSA) is 28.2 Å². The summed E-state index contributed by atoms with van der Waals surface area (Å²) in [6, 6.07) is 0.607. The highest BCUT2D eigenvalue weighted by molar-refractivity contribution is 7.15. The Balaban J connectivity index is 3.05. The van der Waals surface area contributed by atoms with Gasteiger partial charge in [0.2, 0.25) is 0 Å². The minimum atomic E-state index is 0.607. The zero-order valence-electron chi connectivity index (χ0n) is 14.0. The third kappa shape index (κ3) is 4.45. The minimum Gasteiger partial charge on any atom is -0.345 e. The Bertz CT molecular complexity index is 383. The van der Waals surface area contributed by atoms with E-state index in [1.54, 1.807) is 0 Å². The van der Waals surface area contributed by atoms with Crippen molar-refractivity contribution in [3.05, 3.63) is 10.6 Å². The summed E-state index contributed by atoms with van der Waals surface area (Å²) in [6.45, 7) is 13.4. The molecule has 0 saturated heterocycles. The van der Waals surface area contributed by atoms with Gasteiger partial charge in [-0.2, -0.15) is 0 Å². The van der Waals surface area contributed by atoms with E-state index in [-0.39, 0.29) is 0 Å². The van der Waals surface area contributed by atoms with E-state index in [9.17, 15) is 0 Å². The predicted octanol–water partition coefficient (Wildman–Crippen LogP) is 4.08. The van der Waals surface area contributed by atoms with Crippen molar-refractivity contribution in [2.24, 2.45) is 5.92 Å². The average Bonchev–Trinajstić information content (AvgIpc) is 2.82. The van der Waals surface area contributed by atoms with E-state index in [1.165, 1.54) is 28.5 Å². The van der Waals surface area contributed by atoms with E-state index in [2.05, 4.69) is 44.8 Å². The zero-order chi connectivity index (χ0) is 15.1. The molecule has 0 radical (unpaired) electrons. The molecule has 0 unspecified atom stereocenters. The summed E-state index contributed by atoms with van der Waals surface area (Å²) < 4.78 is 0. The number of nitrogens with zero attached hydrogens (tertiary/aromatic N) is 2. The number of rotatable bonds is 9. The minimum absolute atomic E-state index is 0.607. The molecular formula is C16H31N3S. The summed E-state index contributed by atoms with van der Waals surface area (Å²) in [5.41, 5.74) is 1.26. The number of aryl methyl sites for hydroxylation is 1. The first-order valence-corrected chi connectivity index (χ1v) is 8.78. The maximum atomic E-state index is 4.92. The van der Waals surface area contributed by atoms with Crippen LogP contribution in [0.3, 0.4) is 0 Å². The van der Waals surface area contributed by atoms with E-state index in [0.29, 0.717) is 12.0 Å². The van der Waals surface area contributed by atoms with Gasteiger partial charge in [-0.25, -0.2) is 4.98 Å². The molecular weight excluding hydrogens is 266 g/mol. The van der Waals surface area contributed by atoms with Crippen LogP contribution in [0.25, 0.3) is 0 Å². The van der Waals surface area contributed by atoms with E-state index in [1.807, 2.05) is 18.4 Å². The van der Waals surface area contributed by atoms with Gasteiger partial charge in [0.1, 0.15) is 0 Å². The molecule has 1 N–H and O–H groups in total. The van der Waals surface area contributed by atoms with Gasteiger partial charge in [0, 0.05) is 24.0 Å². The van der Waals surface area contributed by atoms with Crippen molar-refractivity contribution in [2.75, 3.05) is 18.5 Å². The molecule has 1 rings (SSSR count). The smallest absolute Gasteiger partial charge is 0.186 e. The van der Waals surface area contributed by atoms with Gasteiger partial charge in [0.05, 0.1) is 5.69 Å². The molecule has 0 aromatic carbocycles. The highest BCUT2D eigenvalue weighted by atomic mass is 32.1. The van der Waals surface area contributed by atoms with Crippen LogP contribution in [0.4, 0.5) is 5.13 Å². The lowest BCUT2D eigenvalue weighted by Gasteiger charge is -2.31. The average molecular weight is 298 g/mol. The molecule has 0 saturated carbocycles. The molecule has 0 aliphatic rings. The van der Waals surface area contributed by atoms with Crippen molar-refractivity contribution in [1.82, 2.24) is 10.3 Å². The van der Waals surface area contributed by atoms with Gasteiger partial charge < -0.3 is 10.2 Å². The Kier molecular flexibility index (Phi) is 7.52. The number of nitrogens with one attached hydrogen (secondary N) is 1. The quantitative estimate of drug-likeness (QED) is 0.744. The molecule has 20 heavy (non-hydrogen) atoms. The summed E-state index contributed by atoms with van der Waals surface area (Å²) >= 11 is 1.87. The lowest BCUT2D eigenvalue weighted by Crippen LogP contribution is -2.37. The van der Waals surface area contributed by atoms with Crippen molar-refractivity contribution in [3.8, 4) is 0 Å². The molecule has 4 heteroatoms. The van der Waals surface area contributed by atoms with E-state index in [4.69, 9.17) is 4.98 Å². The number of thiazole rings is 1. The van der Waals surface area contributed by atoms with Crippen molar-refractivity contribution in [3.63, 3.8) is 0 Å². The number of hydrogen-bond acceptors (Lipinski definition) is 4. The normalized spacial score (nSPS) is 11.6. The largest absolute Gasteiger partial charge is 0.345 e. The fraction of sp³-hybridized carbons (Fsp3) is 0.812. The molecule has 0 aliphatic heterocycles. The number of hydrogen-bond donors (Lipinski definition) is 1. The van der Waals surface area contributed by atoms with Crippen LogP contribution in [0.2, 0.25) is 0 Å². The highest BCUT2D eigenvalue weighted by Crippen LogP contribution is 2.30. The maximum absolute atomic E-state index is 4.92. The molecule has 0 fully saturated rings. The third-order valence-electron chi connectivity index (χ3n) is 3.63. The van der Waals surface area contributed by atoms with Crippen molar-refractivity contribution < 1.29 is 0 Å². The van der Waals surface area contributed by atoms with E-state index in [0.717, 1.165) is 19.5 Å². The maximum Gasteiger partial charge on any atom is 0.186 e. The molecule has 0 atom stereocenters. The number of anilines is 1. The van der Waals surface area contributed by atoms with Gasteiger partial charge >= 0.3 is 0 Å². The van der Waals surface area contributed by atoms with Gasteiger partial charge in [-0.15, -0.1) is 11.3 Å². The highest BCUT2D eigenvalue weighted by Gasteiger charge is 2.21. The first-order valence-electron chi connectivity index (χ1n) is 7.96. The van der Waals surface area contributed by atoms with Crippen LogP contribution in [0.15, 0.2) is 0 Å². The summed E-state index contributed by atoms with van der Waals surface area (Å²) in [5, 5.41) is 4.48. The summed E-state index contributed by atoms with van der Waals surface area (Å²) in [7, 11) is 2.01. The van der Waals surface area contributed by atoms with Crippen LogP contribution in [0, 0.1) is 5.92 Å². The fourth-order valence-electron chi connectivity index (χ4n) is 2.57. The standard InChI is InChI=1S/C16H31N3S/c1-7-13(8-2)19(11-12(4)5)16-18-14(9-3)15(20-16)10-17-6/h12-13,17H,7-11H2,1-6H3. The molecule has 3 nitrogen and oxygen atoms in total. The Labute approximate surface area is 128 Å². The van der Waals surface area contributed by atoms with Gasteiger partial charge in [0.15, 0.2) is 5.13 Å². The molecule has 116 valence electrons. The lowest BCUT2D eigenvalue weighted by molar-refractivity contribution is 0.506. The molecule has 1 heterocycles.